The molecule has 22 heavy (non-hydrogen) atoms. The summed E-state index contributed by atoms with van der Waals surface area (Å²) < 4.78 is 1.41. The van der Waals surface area contributed by atoms with Crippen molar-refractivity contribution >= 4 is 28.9 Å². The Labute approximate surface area is 130 Å². The molecule has 0 atom stereocenters. The van der Waals surface area contributed by atoms with Crippen molar-refractivity contribution in [2.75, 3.05) is 0 Å². The Bertz CT molecular complexity index is 917. The fourth-order valence-electron chi connectivity index (χ4n) is 2.32. The number of aromatic hydroxyl groups is 1. The van der Waals surface area contributed by atoms with Crippen LogP contribution < -0.4 is 5.56 Å². The summed E-state index contributed by atoms with van der Waals surface area (Å²) in [5, 5.41) is 10.6. The van der Waals surface area contributed by atoms with E-state index in [-0.39, 0.29) is 23.4 Å². The highest BCUT2D eigenvalue weighted by Crippen LogP contribution is 2.23. The van der Waals surface area contributed by atoms with E-state index >= 15 is 0 Å². The minimum absolute atomic E-state index is 0.221. The second kappa shape index (κ2) is 5.61. The molecule has 2 heterocycles. The van der Waals surface area contributed by atoms with E-state index in [1.807, 2.05) is 0 Å². The van der Waals surface area contributed by atoms with Crippen LogP contribution in [0.25, 0.3) is 11.0 Å². The van der Waals surface area contributed by atoms with Crippen molar-refractivity contribution in [1.29, 1.82) is 0 Å². The van der Waals surface area contributed by atoms with Gasteiger partial charge in [-0.15, -0.1) is 0 Å². The molecule has 0 saturated heterocycles. The summed E-state index contributed by atoms with van der Waals surface area (Å²) >= 11 is 5.85. The zero-order chi connectivity index (χ0) is 15.7. The molecule has 0 aliphatic heterocycles. The maximum atomic E-state index is 12.4. The van der Waals surface area contributed by atoms with Gasteiger partial charge < -0.3 is 9.67 Å². The molecule has 0 aliphatic rings. The Morgan fingerprint density at radius 2 is 1.95 bits per heavy atom. The minimum atomic E-state index is -0.553. The van der Waals surface area contributed by atoms with Gasteiger partial charge in [-0.25, -0.2) is 0 Å². The smallest absolute Gasteiger partial charge is 0.265 e. The molecule has 0 aliphatic carbocycles. The van der Waals surface area contributed by atoms with Gasteiger partial charge in [0.05, 0.1) is 12.1 Å². The number of hydrogen-bond acceptors (Lipinski definition) is 4. The van der Waals surface area contributed by atoms with E-state index in [0.29, 0.717) is 16.8 Å². The lowest BCUT2D eigenvalue weighted by atomic mass is 10.1. The van der Waals surface area contributed by atoms with Gasteiger partial charge in [0.25, 0.3) is 5.56 Å². The van der Waals surface area contributed by atoms with Gasteiger partial charge in [0, 0.05) is 11.2 Å². The number of fused-ring (bicyclic) bond motifs is 1. The second-order valence-corrected chi connectivity index (χ2v) is 5.21. The summed E-state index contributed by atoms with van der Waals surface area (Å²) in [6, 6.07) is 10.4. The fraction of sp³-hybridized carbons (Fsp3) is 0.0625. The van der Waals surface area contributed by atoms with E-state index in [9.17, 15) is 14.7 Å². The summed E-state index contributed by atoms with van der Waals surface area (Å²) in [6.07, 6.45) is 1.85. The van der Waals surface area contributed by atoms with Gasteiger partial charge >= 0.3 is 0 Å². The highest BCUT2D eigenvalue weighted by Gasteiger charge is 2.16. The lowest BCUT2D eigenvalue weighted by Gasteiger charge is -2.12. The number of carbonyl (C=O) groups is 1. The maximum Gasteiger partial charge on any atom is 0.265 e. The largest absolute Gasteiger partial charge is 0.505 e. The molecule has 0 bridgehead atoms. The predicted octanol–water partition coefficient (Wildman–Crippen LogP) is 2.62. The molecule has 0 unspecified atom stereocenters. The van der Waals surface area contributed by atoms with Crippen molar-refractivity contribution in [2.45, 2.75) is 6.54 Å². The topological polar surface area (TPSA) is 72.2 Å². The van der Waals surface area contributed by atoms with Crippen LogP contribution in [-0.2, 0) is 6.54 Å². The average molecular weight is 315 g/mol. The number of benzene rings is 1. The minimum Gasteiger partial charge on any atom is -0.505 e. The SMILES string of the molecule is O=Cc1c(O)c2ncccc2n(Cc2ccc(Cl)cc2)c1=O. The van der Waals surface area contributed by atoms with Crippen LogP contribution in [0.4, 0.5) is 0 Å². The highest BCUT2D eigenvalue weighted by molar-refractivity contribution is 6.30. The molecule has 0 radical (unpaired) electrons. The van der Waals surface area contributed by atoms with Crippen LogP contribution in [0.2, 0.25) is 5.02 Å². The third kappa shape index (κ3) is 2.35. The molecule has 1 aromatic carbocycles. The molecule has 110 valence electrons. The molecule has 6 heteroatoms. The fourth-order valence-corrected chi connectivity index (χ4v) is 2.44. The third-order valence-electron chi connectivity index (χ3n) is 3.40. The van der Waals surface area contributed by atoms with E-state index < -0.39 is 5.56 Å². The lowest BCUT2D eigenvalue weighted by Crippen LogP contribution is -2.25. The Kier molecular flexibility index (Phi) is 3.65. The molecule has 3 aromatic rings. The zero-order valence-electron chi connectivity index (χ0n) is 11.4. The van der Waals surface area contributed by atoms with Gasteiger partial charge in [-0.1, -0.05) is 23.7 Å². The van der Waals surface area contributed by atoms with E-state index in [2.05, 4.69) is 4.98 Å². The van der Waals surface area contributed by atoms with E-state index in [4.69, 9.17) is 11.6 Å². The second-order valence-electron chi connectivity index (χ2n) is 4.77. The van der Waals surface area contributed by atoms with E-state index in [1.165, 1.54) is 10.8 Å². The monoisotopic (exact) mass is 314 g/mol. The molecule has 0 saturated carbocycles. The molecule has 1 N–H and O–H groups in total. The number of nitrogens with zero attached hydrogens (tertiary/aromatic N) is 2. The maximum absolute atomic E-state index is 12.4. The number of aromatic nitrogens is 2. The van der Waals surface area contributed by atoms with Crippen LogP contribution in [0.1, 0.15) is 15.9 Å². The highest BCUT2D eigenvalue weighted by atomic mass is 35.5. The van der Waals surface area contributed by atoms with Crippen LogP contribution >= 0.6 is 11.6 Å². The number of halogens is 1. The number of hydrogen-bond donors (Lipinski definition) is 1. The molecule has 3 rings (SSSR count). The number of pyridine rings is 2. The van der Waals surface area contributed by atoms with Crippen molar-refractivity contribution in [3.05, 3.63) is 69.1 Å². The Hall–Kier alpha value is -2.66. The van der Waals surface area contributed by atoms with Crippen LogP contribution in [0, 0.1) is 0 Å². The molecular formula is C16H11ClN2O3. The summed E-state index contributed by atoms with van der Waals surface area (Å²) in [4.78, 5) is 27.6. The number of rotatable bonds is 3. The summed E-state index contributed by atoms with van der Waals surface area (Å²) in [5.74, 6) is -0.386. The first-order valence-electron chi connectivity index (χ1n) is 6.52. The summed E-state index contributed by atoms with van der Waals surface area (Å²) in [7, 11) is 0. The van der Waals surface area contributed by atoms with E-state index in [1.54, 1.807) is 36.4 Å². The summed E-state index contributed by atoms with van der Waals surface area (Å²) in [6.45, 7) is 0.249. The van der Waals surface area contributed by atoms with Gasteiger partial charge in [0.1, 0.15) is 11.1 Å². The van der Waals surface area contributed by atoms with Gasteiger partial charge in [-0.3, -0.25) is 14.6 Å². The van der Waals surface area contributed by atoms with Crippen molar-refractivity contribution in [3.8, 4) is 5.75 Å². The third-order valence-corrected chi connectivity index (χ3v) is 3.66. The summed E-state index contributed by atoms with van der Waals surface area (Å²) in [5.41, 5.74) is 0.686. The van der Waals surface area contributed by atoms with Crippen LogP contribution in [0.5, 0.6) is 5.75 Å². The Balaban J connectivity index is 2.26. The van der Waals surface area contributed by atoms with Gasteiger partial charge in [0.15, 0.2) is 12.0 Å². The number of aldehydes is 1. The zero-order valence-corrected chi connectivity index (χ0v) is 12.1. The molecule has 5 nitrogen and oxygen atoms in total. The Morgan fingerprint density at radius 3 is 2.64 bits per heavy atom. The van der Waals surface area contributed by atoms with Crippen molar-refractivity contribution in [3.63, 3.8) is 0 Å². The first-order valence-corrected chi connectivity index (χ1v) is 6.89. The Morgan fingerprint density at radius 1 is 1.23 bits per heavy atom. The molecule has 0 fully saturated rings. The van der Waals surface area contributed by atoms with Crippen LogP contribution in [0.15, 0.2) is 47.4 Å². The predicted molar refractivity (Wildman–Crippen MR) is 83.6 cm³/mol. The first kappa shape index (κ1) is 14.3. The van der Waals surface area contributed by atoms with Gasteiger partial charge in [-0.2, -0.15) is 0 Å². The normalized spacial score (nSPS) is 10.8. The standard InChI is InChI=1S/C16H11ClN2O3/c17-11-5-3-10(4-6-11)8-19-13-2-1-7-18-14(13)15(21)12(9-20)16(19)22/h1-7,9,21H,8H2. The van der Waals surface area contributed by atoms with Crippen LogP contribution in [0.3, 0.4) is 0 Å². The van der Waals surface area contributed by atoms with Crippen molar-refractivity contribution in [2.24, 2.45) is 0 Å². The average Bonchev–Trinajstić information content (AvgIpc) is 2.54. The van der Waals surface area contributed by atoms with Crippen molar-refractivity contribution in [1.82, 2.24) is 9.55 Å². The van der Waals surface area contributed by atoms with Gasteiger partial charge in [0.2, 0.25) is 0 Å². The lowest BCUT2D eigenvalue weighted by molar-refractivity contribution is 0.111. The molecule has 2 aromatic heterocycles. The number of carbonyl (C=O) groups excluding carboxylic acids is 1. The molecule has 0 spiro atoms. The first-order chi connectivity index (χ1) is 10.6. The van der Waals surface area contributed by atoms with E-state index in [0.717, 1.165) is 5.56 Å². The molecular weight excluding hydrogens is 304 g/mol. The van der Waals surface area contributed by atoms with Crippen molar-refractivity contribution < 1.29 is 9.90 Å². The van der Waals surface area contributed by atoms with Gasteiger partial charge in [-0.05, 0) is 29.8 Å². The quantitative estimate of drug-likeness (QED) is 0.754. The van der Waals surface area contributed by atoms with Crippen LogP contribution in [-0.4, -0.2) is 20.9 Å². The molecule has 0 amide bonds.